The van der Waals surface area contributed by atoms with Crippen LogP contribution in [0.4, 0.5) is 16.4 Å². The van der Waals surface area contributed by atoms with Crippen molar-refractivity contribution in [2.24, 2.45) is 7.05 Å². The van der Waals surface area contributed by atoms with E-state index >= 15 is 0 Å². The summed E-state index contributed by atoms with van der Waals surface area (Å²) in [7, 11) is -1.54. The number of carbonyl (C=O) groups excluding carboxylic acids is 1. The molecule has 1 fully saturated rings. The van der Waals surface area contributed by atoms with Crippen molar-refractivity contribution in [3.63, 3.8) is 0 Å². The zero-order chi connectivity index (χ0) is 33.1. The third kappa shape index (κ3) is 8.72. The molecule has 0 radical (unpaired) electrons. The van der Waals surface area contributed by atoms with Crippen LogP contribution in [0.2, 0.25) is 0 Å². The van der Waals surface area contributed by atoms with Crippen LogP contribution in [0.5, 0.6) is 5.75 Å². The first-order valence-electron chi connectivity index (χ1n) is 15.3. The highest BCUT2D eigenvalue weighted by molar-refractivity contribution is 7.85. The number of unbranched alkanes of at least 4 members (excludes halogenated alkanes) is 2. The number of carbonyl (C=O) groups is 1. The molecule has 248 valence electrons. The molecular weight excluding hydrogens is 612 g/mol. The van der Waals surface area contributed by atoms with Crippen LogP contribution in [-0.4, -0.2) is 86.4 Å². The van der Waals surface area contributed by atoms with Crippen molar-refractivity contribution in [2.45, 2.75) is 71.4 Å². The van der Waals surface area contributed by atoms with Gasteiger partial charge in [-0.15, -0.1) is 0 Å². The van der Waals surface area contributed by atoms with Gasteiger partial charge < -0.3 is 19.7 Å². The Morgan fingerprint density at radius 3 is 2.63 bits per heavy atom. The number of pyridine rings is 1. The summed E-state index contributed by atoms with van der Waals surface area (Å²) in [5.41, 5.74) is 2.88. The van der Waals surface area contributed by atoms with E-state index in [4.69, 9.17) is 13.7 Å². The lowest BCUT2D eigenvalue weighted by Gasteiger charge is -2.40. The van der Waals surface area contributed by atoms with Crippen LogP contribution in [0.25, 0.3) is 16.8 Å². The summed E-state index contributed by atoms with van der Waals surface area (Å²) >= 11 is 0. The molecule has 0 aromatic carbocycles. The predicted molar refractivity (Wildman–Crippen MR) is 173 cm³/mol. The van der Waals surface area contributed by atoms with Crippen LogP contribution in [0.3, 0.4) is 0 Å². The van der Waals surface area contributed by atoms with Gasteiger partial charge in [-0.1, -0.05) is 6.42 Å². The number of aromatic nitrogens is 6. The van der Waals surface area contributed by atoms with Gasteiger partial charge in [-0.25, -0.2) is 19.3 Å². The molecule has 1 atom stereocenters. The second-order valence-corrected chi connectivity index (χ2v) is 14.1. The fourth-order valence-electron chi connectivity index (χ4n) is 5.13. The van der Waals surface area contributed by atoms with E-state index in [0.29, 0.717) is 49.2 Å². The van der Waals surface area contributed by atoms with E-state index in [1.165, 1.54) is 0 Å². The molecule has 0 saturated carbocycles. The van der Waals surface area contributed by atoms with Crippen LogP contribution in [0, 0.1) is 6.92 Å². The second-order valence-electron chi connectivity index (χ2n) is 12.5. The number of hydrogen-bond donors (Lipinski definition) is 1. The van der Waals surface area contributed by atoms with E-state index in [9.17, 15) is 13.2 Å². The lowest BCUT2D eigenvalue weighted by atomic mass is 10.1. The van der Waals surface area contributed by atoms with Crippen LogP contribution < -0.4 is 10.1 Å². The van der Waals surface area contributed by atoms with Crippen molar-refractivity contribution in [1.82, 2.24) is 34.3 Å². The Morgan fingerprint density at radius 2 is 1.91 bits per heavy atom. The molecule has 4 aromatic rings. The SMILES string of the molecule is Cc1cc(Nc2cc3cc(-c4c(OC[C@H]5CCN5C(=O)OC(C)(C)C)cnn4C)ccn3n2)nc(CCCCCOS(C)(=O)=O)n1. The molecule has 4 aromatic heterocycles. The smallest absolute Gasteiger partial charge is 0.410 e. The van der Waals surface area contributed by atoms with Gasteiger partial charge in [0.05, 0.1) is 30.6 Å². The van der Waals surface area contributed by atoms with E-state index in [1.807, 2.05) is 65.2 Å². The molecule has 0 unspecified atom stereocenters. The molecule has 14 nitrogen and oxygen atoms in total. The molecule has 5 rings (SSSR count). The van der Waals surface area contributed by atoms with Gasteiger partial charge in [0.2, 0.25) is 0 Å². The second kappa shape index (κ2) is 13.6. The number of ether oxygens (including phenoxy) is 2. The van der Waals surface area contributed by atoms with Gasteiger partial charge in [0, 0.05) is 49.6 Å². The Kier molecular flexibility index (Phi) is 9.82. The Morgan fingerprint density at radius 1 is 1.11 bits per heavy atom. The molecule has 0 aliphatic carbocycles. The average molecular weight is 655 g/mol. The Balaban J connectivity index is 1.22. The molecule has 5 heterocycles. The number of hydrogen-bond acceptors (Lipinski definition) is 11. The summed E-state index contributed by atoms with van der Waals surface area (Å²) in [6.45, 7) is 8.67. The molecule has 1 amide bonds. The van der Waals surface area contributed by atoms with Crippen molar-refractivity contribution in [1.29, 1.82) is 0 Å². The van der Waals surface area contributed by atoms with Gasteiger partial charge in [-0.05, 0) is 59.1 Å². The van der Waals surface area contributed by atoms with Crippen molar-refractivity contribution in [3.05, 3.63) is 48.2 Å². The highest BCUT2D eigenvalue weighted by Gasteiger charge is 2.36. The van der Waals surface area contributed by atoms with Gasteiger partial charge in [-0.2, -0.15) is 18.6 Å². The molecule has 0 spiro atoms. The molecular formula is C31H42N8O6S. The highest BCUT2D eigenvalue weighted by atomic mass is 32.2. The minimum atomic E-state index is -3.41. The minimum absolute atomic E-state index is 0.0543. The lowest BCUT2D eigenvalue weighted by Crippen LogP contribution is -2.55. The maximum Gasteiger partial charge on any atom is 0.410 e. The average Bonchev–Trinajstić information content (AvgIpc) is 3.49. The highest BCUT2D eigenvalue weighted by Crippen LogP contribution is 2.32. The Hall–Kier alpha value is -4.24. The summed E-state index contributed by atoms with van der Waals surface area (Å²) in [5, 5.41) is 12.4. The molecule has 0 bridgehead atoms. The van der Waals surface area contributed by atoms with E-state index in [2.05, 4.69) is 25.5 Å². The van der Waals surface area contributed by atoms with Crippen LogP contribution in [-0.2, 0) is 32.5 Å². The standard InChI is InChI=1S/C31H42N8O6S/c1-21-16-27(34-26(33-21)10-8-7-9-15-44-46(6,41)42)35-28-18-24-17-22(11-14-39(24)36-28)29-25(19-32-37(29)5)43-20-23-12-13-38(23)30(40)45-31(2,3)4/h11,14,16-19,23H,7-10,12-13,15,20H2,1-6H3,(H,33,34,35,36)/t23-/m1/s1. The molecule has 46 heavy (non-hydrogen) atoms. The summed E-state index contributed by atoms with van der Waals surface area (Å²) < 4.78 is 42.3. The zero-order valence-electron chi connectivity index (χ0n) is 27.2. The van der Waals surface area contributed by atoms with Gasteiger partial charge in [0.25, 0.3) is 10.1 Å². The van der Waals surface area contributed by atoms with Gasteiger partial charge in [-0.3, -0.25) is 8.86 Å². The predicted octanol–water partition coefficient (Wildman–Crippen LogP) is 4.65. The van der Waals surface area contributed by atoms with Gasteiger partial charge in [0.15, 0.2) is 11.6 Å². The number of nitrogens with one attached hydrogen (secondary N) is 1. The third-order valence-corrected chi connectivity index (χ3v) is 7.94. The van der Waals surface area contributed by atoms with Gasteiger partial charge in [0.1, 0.15) is 29.5 Å². The van der Waals surface area contributed by atoms with Crippen molar-refractivity contribution >= 4 is 33.4 Å². The first kappa shape index (κ1) is 33.1. The lowest BCUT2D eigenvalue weighted by molar-refractivity contribution is -0.0141. The number of likely N-dealkylation sites (tertiary alicyclic amines) is 1. The summed E-state index contributed by atoms with van der Waals surface area (Å²) in [6.07, 6.45) is 8.09. The number of rotatable bonds is 13. The van der Waals surface area contributed by atoms with Crippen LogP contribution in [0.1, 0.15) is 58.0 Å². The number of anilines is 2. The maximum atomic E-state index is 12.5. The molecule has 1 N–H and O–H groups in total. The summed E-state index contributed by atoms with van der Waals surface area (Å²) in [6, 6.07) is 7.72. The molecule has 15 heteroatoms. The van der Waals surface area contributed by atoms with Crippen LogP contribution in [0.15, 0.2) is 36.7 Å². The van der Waals surface area contributed by atoms with E-state index in [-0.39, 0.29) is 18.7 Å². The minimum Gasteiger partial charge on any atom is -0.487 e. The monoisotopic (exact) mass is 654 g/mol. The fourth-order valence-corrected chi connectivity index (χ4v) is 5.55. The third-order valence-electron chi connectivity index (χ3n) is 7.34. The number of nitrogens with zero attached hydrogens (tertiary/aromatic N) is 7. The van der Waals surface area contributed by atoms with Crippen LogP contribution >= 0.6 is 0 Å². The van der Waals surface area contributed by atoms with Crippen molar-refractivity contribution < 1.29 is 26.9 Å². The van der Waals surface area contributed by atoms with Crippen molar-refractivity contribution in [3.8, 4) is 17.0 Å². The number of amides is 1. The number of aryl methyl sites for hydroxylation is 3. The first-order valence-corrected chi connectivity index (χ1v) is 17.2. The van der Waals surface area contributed by atoms with Crippen molar-refractivity contribution in [2.75, 3.05) is 31.3 Å². The Bertz CT molecular complexity index is 1800. The summed E-state index contributed by atoms with van der Waals surface area (Å²) in [5.74, 6) is 2.61. The summed E-state index contributed by atoms with van der Waals surface area (Å²) in [4.78, 5) is 23.4. The Labute approximate surface area is 269 Å². The van der Waals surface area contributed by atoms with E-state index in [1.54, 1.807) is 20.3 Å². The first-order chi connectivity index (χ1) is 21.7. The quantitative estimate of drug-likeness (QED) is 0.158. The zero-order valence-corrected chi connectivity index (χ0v) is 28.0. The van der Waals surface area contributed by atoms with E-state index in [0.717, 1.165) is 48.0 Å². The number of fused-ring (bicyclic) bond motifs is 1. The molecule has 1 aliphatic rings. The van der Waals surface area contributed by atoms with E-state index < -0.39 is 15.7 Å². The van der Waals surface area contributed by atoms with Gasteiger partial charge >= 0.3 is 6.09 Å². The maximum absolute atomic E-state index is 12.5. The normalized spacial score (nSPS) is 15.2. The fraction of sp³-hybridized carbons (Fsp3) is 0.516. The largest absolute Gasteiger partial charge is 0.487 e. The molecule has 1 saturated heterocycles. The molecule has 1 aliphatic heterocycles. The topological polar surface area (TPSA) is 155 Å².